The number of aromatic nitrogens is 2. The van der Waals surface area contributed by atoms with E-state index in [1.165, 1.54) is 24.4 Å². The average Bonchev–Trinajstić information content (AvgIpc) is 3.61. The average molecular weight is 867 g/mol. The van der Waals surface area contributed by atoms with Crippen molar-refractivity contribution in [2.24, 2.45) is 5.41 Å². The first-order valence-corrected chi connectivity index (χ1v) is 16.5. The van der Waals surface area contributed by atoms with Crippen LogP contribution in [0.3, 0.4) is 0 Å². The second kappa shape index (κ2) is 15.6. The molecule has 0 bridgehead atoms. The number of para-hydroxylation sites is 1. The van der Waals surface area contributed by atoms with Crippen LogP contribution < -0.4 is 0 Å². The summed E-state index contributed by atoms with van der Waals surface area (Å²) >= 11 is 0. The fourth-order valence-electron chi connectivity index (χ4n) is 5.89. The zero-order valence-corrected chi connectivity index (χ0v) is 31.1. The van der Waals surface area contributed by atoms with Crippen molar-refractivity contribution >= 4 is 21.9 Å². The number of halogens is 1. The SMILES string of the molecule is [2H]C([2H])([2H])c1ccc(-c2[c-]cc(C([2H])([2H])[2H])c(-c3ccccc3)c2)nc1.[2H]C([2H])(c1ccc(-c2ccnc(-c3[c-]ccc4c3oc3c(F)cccc34)c2)cc1)C(C)(C)C.[Ir]. The van der Waals surface area contributed by atoms with Gasteiger partial charge < -0.3 is 14.4 Å². The number of hydrogen-bond acceptors (Lipinski definition) is 3. The van der Waals surface area contributed by atoms with Crippen molar-refractivity contribution < 1.29 is 39.9 Å². The van der Waals surface area contributed by atoms with Crippen LogP contribution in [0.2, 0.25) is 0 Å². The Bertz CT molecular complexity index is 2760. The summed E-state index contributed by atoms with van der Waals surface area (Å²) in [5.41, 5.74) is 7.03. The predicted molar refractivity (Wildman–Crippen MR) is 208 cm³/mol. The smallest absolute Gasteiger partial charge is 0.165 e. The van der Waals surface area contributed by atoms with Gasteiger partial charge in [0.1, 0.15) is 0 Å². The number of hydrogen-bond donors (Lipinski definition) is 0. The molecule has 0 N–H and O–H groups in total. The third-order valence-electron chi connectivity index (χ3n) is 8.24. The van der Waals surface area contributed by atoms with Gasteiger partial charge in [-0.15, -0.1) is 47.5 Å². The first-order valence-electron chi connectivity index (χ1n) is 20.5. The third-order valence-corrected chi connectivity index (χ3v) is 8.24. The Labute approximate surface area is 330 Å². The van der Waals surface area contributed by atoms with Crippen molar-refractivity contribution in [1.82, 2.24) is 9.97 Å². The van der Waals surface area contributed by atoms with Crippen molar-refractivity contribution in [2.45, 2.75) is 40.8 Å². The van der Waals surface area contributed by atoms with Crippen LogP contribution in [0.25, 0.3) is 66.7 Å². The molecule has 0 saturated heterocycles. The Hall–Kier alpha value is -5.22. The molecule has 52 heavy (non-hydrogen) atoms. The van der Waals surface area contributed by atoms with Gasteiger partial charge in [-0.2, -0.15) is 0 Å². The van der Waals surface area contributed by atoms with E-state index in [4.69, 9.17) is 15.4 Å². The number of rotatable bonds is 5. The Kier molecular flexibility index (Phi) is 8.22. The van der Waals surface area contributed by atoms with Crippen LogP contribution in [0.5, 0.6) is 0 Å². The number of benzene rings is 5. The molecule has 0 atom stereocenters. The van der Waals surface area contributed by atoms with E-state index < -0.39 is 31.3 Å². The minimum atomic E-state index is -2.27. The fourth-order valence-corrected chi connectivity index (χ4v) is 5.89. The quantitative estimate of drug-likeness (QED) is 0.162. The van der Waals surface area contributed by atoms with Crippen molar-refractivity contribution in [1.29, 1.82) is 0 Å². The molecule has 0 saturated carbocycles. The molecule has 0 aliphatic carbocycles. The maximum Gasteiger partial charge on any atom is 0.165 e. The summed E-state index contributed by atoms with van der Waals surface area (Å²) in [5, 5.41) is 1.54. The van der Waals surface area contributed by atoms with E-state index in [1.54, 1.807) is 30.5 Å². The number of nitrogens with zero attached hydrogens (tertiary/aromatic N) is 2. The van der Waals surface area contributed by atoms with E-state index in [1.807, 2.05) is 99.6 Å². The zero-order chi connectivity index (χ0) is 42.3. The number of aryl methyl sites for hydroxylation is 2. The molecule has 3 nitrogen and oxygen atoms in total. The predicted octanol–water partition coefficient (Wildman–Crippen LogP) is 12.7. The molecule has 0 amide bonds. The van der Waals surface area contributed by atoms with Crippen LogP contribution in [-0.2, 0) is 26.5 Å². The molecule has 3 aromatic heterocycles. The Morgan fingerprint density at radius 2 is 1.56 bits per heavy atom. The van der Waals surface area contributed by atoms with Gasteiger partial charge >= 0.3 is 0 Å². The van der Waals surface area contributed by atoms with Crippen LogP contribution in [-0.4, -0.2) is 9.97 Å². The maximum absolute atomic E-state index is 14.3. The summed E-state index contributed by atoms with van der Waals surface area (Å²) in [5.74, 6) is -0.397. The summed E-state index contributed by atoms with van der Waals surface area (Å²) in [6.45, 7) is 1.22. The Morgan fingerprint density at radius 1 is 0.750 bits per heavy atom. The van der Waals surface area contributed by atoms with E-state index >= 15 is 0 Å². The van der Waals surface area contributed by atoms with Gasteiger partial charge in [0.25, 0.3) is 0 Å². The summed E-state index contributed by atoms with van der Waals surface area (Å²) in [7, 11) is 0. The van der Waals surface area contributed by atoms with Gasteiger partial charge in [0.05, 0.1) is 5.58 Å². The van der Waals surface area contributed by atoms with Crippen LogP contribution >= 0.6 is 0 Å². The van der Waals surface area contributed by atoms with Crippen LogP contribution in [0.4, 0.5) is 4.39 Å². The molecule has 8 aromatic rings. The molecule has 1 radical (unpaired) electrons. The van der Waals surface area contributed by atoms with E-state index in [-0.39, 0.29) is 36.8 Å². The first kappa shape index (κ1) is 27.4. The second-order valence-electron chi connectivity index (χ2n) is 13.2. The normalized spacial score (nSPS) is 14.2. The van der Waals surface area contributed by atoms with Gasteiger partial charge in [-0.25, -0.2) is 4.39 Å². The number of fused-ring (bicyclic) bond motifs is 3. The number of furan rings is 1. The first-order chi connectivity index (χ1) is 27.8. The largest absolute Gasteiger partial charge is 0.498 e. The molecular weight excluding hydrogens is 820 g/mol. The Morgan fingerprint density at radius 3 is 2.29 bits per heavy atom. The summed E-state index contributed by atoms with van der Waals surface area (Å²) in [6.07, 6.45) is 1.59. The van der Waals surface area contributed by atoms with Gasteiger partial charge in [0.15, 0.2) is 11.4 Å². The molecule has 0 aliphatic heterocycles. The summed E-state index contributed by atoms with van der Waals surface area (Å²) < 4.78 is 82.7. The molecule has 0 fully saturated rings. The molecule has 5 aromatic carbocycles. The van der Waals surface area contributed by atoms with Crippen molar-refractivity contribution in [3.63, 3.8) is 0 Å². The van der Waals surface area contributed by atoms with Crippen molar-refractivity contribution in [2.75, 3.05) is 0 Å². The van der Waals surface area contributed by atoms with Crippen molar-refractivity contribution in [3.8, 4) is 44.8 Å². The van der Waals surface area contributed by atoms with Crippen LogP contribution in [0.1, 0.15) is 48.4 Å². The molecule has 5 heteroatoms. The van der Waals surface area contributed by atoms with Crippen molar-refractivity contribution in [3.05, 3.63) is 168 Å². The monoisotopic (exact) mass is 867 g/mol. The second-order valence-corrected chi connectivity index (χ2v) is 13.2. The molecule has 0 spiro atoms. The van der Waals surface area contributed by atoms with E-state index in [0.717, 1.165) is 27.5 Å². The fraction of sp³-hybridized carbons (Fsp3) is 0.149. The standard InChI is InChI=1S/C28H23FNO.C19H16N.Ir/c1-28(2,3)17-18-10-12-19(13-11-18)20-14-15-30-25(16-20)23-8-4-6-21-22-7-5-9-24(29)27(22)31-26(21)23;1-14-8-11-19(20-13-14)17-10-9-15(2)18(12-17)16-6-4-3-5-7-16;/h4-7,9-16H,17H2,1-3H3;3-9,11-13H,1-2H3;/q2*-1;/i17D2;1D3,2D3;. The van der Waals surface area contributed by atoms with Crippen LogP contribution in [0, 0.1) is 37.1 Å². The third kappa shape index (κ3) is 8.12. The molecular formula is C47H39FIrN2O-2. The summed E-state index contributed by atoms with van der Waals surface area (Å²) in [4.78, 5) is 8.73. The molecule has 0 aliphatic rings. The van der Waals surface area contributed by atoms with Gasteiger partial charge in [-0.3, -0.25) is 0 Å². The minimum Gasteiger partial charge on any atom is -0.498 e. The van der Waals surface area contributed by atoms with Gasteiger partial charge in [-0.1, -0.05) is 129 Å². The maximum atomic E-state index is 14.3. The van der Waals surface area contributed by atoms with Gasteiger partial charge in [0.2, 0.25) is 0 Å². The van der Waals surface area contributed by atoms with Gasteiger partial charge in [-0.05, 0) is 70.0 Å². The van der Waals surface area contributed by atoms with Gasteiger partial charge in [0, 0.05) is 48.9 Å². The molecule has 0 unspecified atom stereocenters. The summed E-state index contributed by atoms with van der Waals surface area (Å²) in [6, 6.07) is 41.7. The van der Waals surface area contributed by atoms with E-state index in [0.29, 0.717) is 39.2 Å². The zero-order valence-electron chi connectivity index (χ0n) is 36.7. The van der Waals surface area contributed by atoms with Crippen LogP contribution in [0.15, 0.2) is 138 Å². The molecule has 8 rings (SSSR count). The molecule has 261 valence electrons. The van der Waals surface area contributed by atoms with E-state index in [9.17, 15) is 4.39 Å². The Balaban J connectivity index is 0.000000204. The number of pyridine rings is 2. The molecule has 3 heterocycles. The topological polar surface area (TPSA) is 38.9 Å². The van der Waals surface area contributed by atoms with E-state index in [2.05, 4.69) is 22.1 Å². The minimum absolute atomic E-state index is 0.